The minimum atomic E-state index is -1.50. The van der Waals surface area contributed by atoms with Crippen LogP contribution in [0.3, 0.4) is 0 Å². The van der Waals surface area contributed by atoms with Crippen molar-refractivity contribution in [2.45, 2.75) is 103 Å². The van der Waals surface area contributed by atoms with Crippen LogP contribution in [0.4, 0.5) is 4.39 Å². The summed E-state index contributed by atoms with van der Waals surface area (Å²) in [6.07, 6.45) is 13.3. The van der Waals surface area contributed by atoms with Crippen LogP contribution in [0.25, 0.3) is 11.4 Å². The summed E-state index contributed by atoms with van der Waals surface area (Å²) >= 11 is 3.63. The second-order valence-corrected chi connectivity index (χ2v) is 10.7. The lowest BCUT2D eigenvalue weighted by Gasteiger charge is -2.28. The Bertz CT molecular complexity index is 933. The van der Waals surface area contributed by atoms with Gasteiger partial charge in [-0.2, -0.15) is 0 Å². The Labute approximate surface area is 223 Å². The molecule has 1 heterocycles. The van der Waals surface area contributed by atoms with Crippen LogP contribution in [0.2, 0.25) is 0 Å². The Morgan fingerprint density at radius 2 is 1.78 bits per heavy atom. The summed E-state index contributed by atoms with van der Waals surface area (Å²) in [5.41, 5.74) is 2.12. The van der Waals surface area contributed by atoms with E-state index in [4.69, 9.17) is 9.47 Å². The molecule has 1 aliphatic rings. The molecule has 0 N–H and O–H groups in total. The molecule has 1 aromatic carbocycles. The monoisotopic (exact) mass is 562 g/mol. The summed E-state index contributed by atoms with van der Waals surface area (Å²) in [5, 5.41) is 0. The molecule has 3 rings (SSSR count). The number of hydrogen-bond donors (Lipinski definition) is 0. The zero-order valence-electron chi connectivity index (χ0n) is 21.7. The first kappa shape index (κ1) is 28.5. The molecule has 198 valence electrons. The minimum Gasteiger partial charge on any atom is -0.492 e. The predicted octanol–water partition coefficient (Wildman–Crippen LogP) is 8.04. The molecule has 0 spiro atoms. The Hall–Kier alpha value is -2.02. The van der Waals surface area contributed by atoms with E-state index in [0.29, 0.717) is 24.8 Å². The number of halogens is 2. The summed E-state index contributed by atoms with van der Waals surface area (Å²) in [7, 11) is 0. The number of esters is 1. The molecule has 7 heteroatoms. The highest BCUT2D eigenvalue weighted by molar-refractivity contribution is 9.10. The van der Waals surface area contributed by atoms with Crippen molar-refractivity contribution in [3.8, 4) is 17.1 Å². The van der Waals surface area contributed by atoms with E-state index in [1.807, 2.05) is 37.5 Å². The fourth-order valence-electron chi connectivity index (χ4n) is 4.51. The quantitative estimate of drug-likeness (QED) is 0.172. The number of carbonyl (C=O) groups is 1. The molecule has 1 aromatic heterocycles. The third-order valence-electron chi connectivity index (χ3n) is 6.83. The van der Waals surface area contributed by atoms with Crippen molar-refractivity contribution in [2.24, 2.45) is 5.92 Å². The van der Waals surface area contributed by atoms with E-state index in [1.54, 1.807) is 0 Å². The molecule has 0 saturated heterocycles. The lowest BCUT2D eigenvalue weighted by atomic mass is 9.88. The van der Waals surface area contributed by atoms with Crippen LogP contribution < -0.4 is 4.74 Å². The average molecular weight is 564 g/mol. The van der Waals surface area contributed by atoms with Crippen LogP contribution in [0, 0.1) is 5.92 Å². The van der Waals surface area contributed by atoms with E-state index in [-0.39, 0.29) is 12.5 Å². The molecule has 1 aliphatic carbocycles. The lowest BCUT2D eigenvalue weighted by molar-refractivity contribution is -0.157. The molecule has 0 bridgehead atoms. The number of nitrogens with zero attached hydrogens (tertiary/aromatic N) is 2. The van der Waals surface area contributed by atoms with Gasteiger partial charge in [0, 0.05) is 18.0 Å². The molecule has 0 unspecified atom stereocenters. The van der Waals surface area contributed by atoms with Crippen molar-refractivity contribution < 1.29 is 18.7 Å². The number of aryl methyl sites for hydroxylation is 1. The molecule has 36 heavy (non-hydrogen) atoms. The molecule has 1 atom stereocenters. The highest BCUT2D eigenvalue weighted by Crippen LogP contribution is 2.32. The SMILES string of the molecule is CCCCCCc1cnc(-c2ccc(OC[C@H]3CC[C@H](OC(=O)[C@@H](F)CCCC)CC3)c(Br)c2)nc1. The summed E-state index contributed by atoms with van der Waals surface area (Å²) in [6, 6.07) is 5.93. The number of alkyl halides is 1. The normalized spacial score (nSPS) is 18.6. The van der Waals surface area contributed by atoms with Crippen LogP contribution in [-0.4, -0.2) is 34.8 Å². The van der Waals surface area contributed by atoms with Crippen LogP contribution in [-0.2, 0) is 16.0 Å². The first-order valence-corrected chi connectivity index (χ1v) is 14.4. The fourth-order valence-corrected chi connectivity index (χ4v) is 5.00. The van der Waals surface area contributed by atoms with Crippen LogP contribution in [0.15, 0.2) is 35.1 Å². The first-order chi connectivity index (χ1) is 17.5. The molecule has 0 radical (unpaired) electrons. The summed E-state index contributed by atoms with van der Waals surface area (Å²) < 4.78 is 26.2. The second kappa shape index (κ2) is 15.3. The molecular weight excluding hydrogens is 523 g/mol. The summed E-state index contributed by atoms with van der Waals surface area (Å²) in [4.78, 5) is 21.0. The number of unbranched alkanes of at least 4 members (excludes halogenated alkanes) is 4. The average Bonchev–Trinajstić information content (AvgIpc) is 2.90. The van der Waals surface area contributed by atoms with Crippen LogP contribution in [0.5, 0.6) is 5.75 Å². The Balaban J connectivity index is 1.42. The number of aromatic nitrogens is 2. The molecule has 1 saturated carbocycles. The highest BCUT2D eigenvalue weighted by atomic mass is 79.9. The third-order valence-corrected chi connectivity index (χ3v) is 7.45. The number of ether oxygens (including phenoxy) is 2. The largest absolute Gasteiger partial charge is 0.492 e. The summed E-state index contributed by atoms with van der Waals surface area (Å²) in [5.74, 6) is 1.19. The van der Waals surface area contributed by atoms with Gasteiger partial charge < -0.3 is 9.47 Å². The zero-order chi connectivity index (χ0) is 25.8. The van der Waals surface area contributed by atoms with Crippen LogP contribution in [0.1, 0.15) is 90.0 Å². The first-order valence-electron chi connectivity index (χ1n) is 13.6. The molecule has 5 nitrogen and oxygen atoms in total. The molecule has 1 fully saturated rings. The van der Waals surface area contributed by atoms with Crippen molar-refractivity contribution in [3.05, 3.63) is 40.6 Å². The Morgan fingerprint density at radius 3 is 2.44 bits per heavy atom. The van der Waals surface area contributed by atoms with Gasteiger partial charge in [-0.15, -0.1) is 0 Å². The Kier molecular flexibility index (Phi) is 12.1. The van der Waals surface area contributed by atoms with E-state index in [9.17, 15) is 9.18 Å². The number of benzene rings is 1. The second-order valence-electron chi connectivity index (χ2n) is 9.87. The maximum absolute atomic E-state index is 13.9. The van der Waals surface area contributed by atoms with E-state index < -0.39 is 12.1 Å². The zero-order valence-corrected chi connectivity index (χ0v) is 23.3. The van der Waals surface area contributed by atoms with E-state index in [0.717, 1.165) is 54.3 Å². The van der Waals surface area contributed by atoms with E-state index in [1.165, 1.54) is 31.2 Å². The van der Waals surface area contributed by atoms with Gasteiger partial charge >= 0.3 is 5.97 Å². The minimum absolute atomic E-state index is 0.178. The van der Waals surface area contributed by atoms with Gasteiger partial charge in [0.15, 0.2) is 12.0 Å². The third kappa shape index (κ3) is 9.13. The lowest BCUT2D eigenvalue weighted by Crippen LogP contribution is -2.30. The standard InChI is InChI=1S/C29H40BrFN2O3/c1-3-5-7-8-9-22-18-32-28(33-19-22)23-13-16-27(25(30)17-23)35-20-21-11-14-24(15-12-21)36-29(34)26(31)10-6-4-2/h13,16-19,21,24,26H,3-12,14-15,20H2,1-2H3/t21-,24-,26-/m0/s1. The van der Waals surface area contributed by atoms with Gasteiger partial charge in [0.05, 0.1) is 11.1 Å². The smallest absolute Gasteiger partial charge is 0.340 e. The van der Waals surface area contributed by atoms with Crippen molar-refractivity contribution in [1.82, 2.24) is 9.97 Å². The molecule has 0 amide bonds. The highest BCUT2D eigenvalue weighted by Gasteiger charge is 2.27. The van der Waals surface area contributed by atoms with E-state index in [2.05, 4.69) is 32.8 Å². The molecule has 2 aromatic rings. The summed E-state index contributed by atoms with van der Waals surface area (Å²) in [6.45, 7) is 4.80. The van der Waals surface area contributed by atoms with Gasteiger partial charge in [-0.25, -0.2) is 19.2 Å². The van der Waals surface area contributed by atoms with Gasteiger partial charge in [0.2, 0.25) is 0 Å². The number of rotatable bonds is 14. The fraction of sp³-hybridized carbons (Fsp3) is 0.621. The van der Waals surface area contributed by atoms with Crippen molar-refractivity contribution in [1.29, 1.82) is 0 Å². The van der Waals surface area contributed by atoms with Crippen molar-refractivity contribution >= 4 is 21.9 Å². The Morgan fingerprint density at radius 1 is 1.06 bits per heavy atom. The molecule has 0 aliphatic heterocycles. The van der Waals surface area contributed by atoms with Crippen LogP contribution >= 0.6 is 15.9 Å². The molecular formula is C29H40BrFN2O3. The number of carbonyl (C=O) groups excluding carboxylic acids is 1. The van der Waals surface area contributed by atoms with Gasteiger partial charge in [-0.3, -0.25) is 0 Å². The maximum atomic E-state index is 13.9. The van der Waals surface area contributed by atoms with Gasteiger partial charge in [0.1, 0.15) is 11.9 Å². The van der Waals surface area contributed by atoms with Gasteiger partial charge in [-0.1, -0.05) is 46.0 Å². The van der Waals surface area contributed by atoms with E-state index >= 15 is 0 Å². The van der Waals surface area contributed by atoms with Crippen molar-refractivity contribution in [2.75, 3.05) is 6.61 Å². The number of hydrogen-bond acceptors (Lipinski definition) is 5. The van der Waals surface area contributed by atoms with Gasteiger partial charge in [0.25, 0.3) is 0 Å². The topological polar surface area (TPSA) is 61.3 Å². The van der Waals surface area contributed by atoms with Gasteiger partial charge in [-0.05, 0) is 90.6 Å². The maximum Gasteiger partial charge on any atom is 0.340 e. The predicted molar refractivity (Wildman–Crippen MR) is 145 cm³/mol. The van der Waals surface area contributed by atoms with Crippen molar-refractivity contribution in [3.63, 3.8) is 0 Å².